The standard InChI is InChI=1S/C23H32BrClN4O3/c1-14(31-22(2,3)4)28-10-8-9-15(13-28)21-27-19(24)18-20(25)26-12-16(29(18)21)11-17(30)32-23(5,6)7/h12,15H,1,8-11,13H2,2-7H3. The Kier molecular flexibility index (Phi) is 7.15. The number of fused-ring (bicyclic) bond motifs is 1. The summed E-state index contributed by atoms with van der Waals surface area (Å²) in [4.78, 5) is 23.8. The first-order valence-electron chi connectivity index (χ1n) is 10.8. The Bertz CT molecular complexity index is 1020. The molecule has 0 bridgehead atoms. The molecule has 1 aliphatic rings. The third kappa shape index (κ3) is 5.95. The summed E-state index contributed by atoms with van der Waals surface area (Å²) in [5.74, 6) is 1.29. The molecular weight excluding hydrogens is 496 g/mol. The normalized spacial score (nSPS) is 17.5. The number of rotatable bonds is 5. The van der Waals surface area contributed by atoms with Crippen LogP contribution in [0.25, 0.3) is 5.52 Å². The van der Waals surface area contributed by atoms with Gasteiger partial charge in [0.25, 0.3) is 0 Å². The molecule has 0 aromatic carbocycles. The number of ether oxygens (including phenoxy) is 2. The lowest BCUT2D eigenvalue weighted by Gasteiger charge is -2.37. The van der Waals surface area contributed by atoms with Gasteiger partial charge in [0.1, 0.15) is 27.1 Å². The van der Waals surface area contributed by atoms with E-state index in [1.54, 1.807) is 6.20 Å². The van der Waals surface area contributed by atoms with Crippen molar-refractivity contribution in [3.05, 3.63) is 39.9 Å². The Hall–Kier alpha value is -1.80. The number of imidazole rings is 1. The van der Waals surface area contributed by atoms with Gasteiger partial charge < -0.3 is 14.4 Å². The summed E-state index contributed by atoms with van der Waals surface area (Å²) >= 11 is 9.96. The van der Waals surface area contributed by atoms with Gasteiger partial charge in [-0.15, -0.1) is 0 Å². The zero-order chi connectivity index (χ0) is 23.8. The number of esters is 1. The number of likely N-dealkylation sites (tertiary alicyclic amines) is 1. The molecule has 9 heteroatoms. The summed E-state index contributed by atoms with van der Waals surface area (Å²) in [6.07, 6.45) is 3.63. The molecule has 32 heavy (non-hydrogen) atoms. The lowest BCUT2D eigenvalue weighted by Crippen LogP contribution is -2.37. The second kappa shape index (κ2) is 9.21. The third-order valence-corrected chi connectivity index (χ3v) is 5.81. The molecule has 7 nitrogen and oxygen atoms in total. The summed E-state index contributed by atoms with van der Waals surface area (Å²) in [5.41, 5.74) is 0.469. The SMILES string of the molecule is C=C(OC(C)(C)C)N1CCCC(c2nc(Br)c3c(Cl)ncc(CC(=O)OC(C)(C)C)n23)C1. The zero-order valence-electron chi connectivity index (χ0n) is 19.7. The first-order chi connectivity index (χ1) is 14.7. The maximum Gasteiger partial charge on any atom is 0.312 e. The highest BCUT2D eigenvalue weighted by Crippen LogP contribution is 2.34. The van der Waals surface area contributed by atoms with Crippen molar-refractivity contribution in [2.24, 2.45) is 0 Å². The first-order valence-corrected chi connectivity index (χ1v) is 12.0. The number of carbonyl (C=O) groups excluding carboxylic acids is 1. The largest absolute Gasteiger partial charge is 0.474 e. The molecule has 0 radical (unpaired) electrons. The molecule has 176 valence electrons. The van der Waals surface area contributed by atoms with Gasteiger partial charge in [-0.1, -0.05) is 11.6 Å². The quantitative estimate of drug-likeness (QED) is 0.378. The molecule has 0 N–H and O–H groups in total. The molecule has 0 amide bonds. The fraction of sp³-hybridized carbons (Fsp3) is 0.609. The number of aromatic nitrogens is 3. The summed E-state index contributed by atoms with van der Waals surface area (Å²) in [6, 6.07) is 0. The maximum atomic E-state index is 12.6. The van der Waals surface area contributed by atoms with E-state index in [-0.39, 0.29) is 23.9 Å². The van der Waals surface area contributed by atoms with Crippen LogP contribution in [0.2, 0.25) is 5.15 Å². The predicted molar refractivity (Wildman–Crippen MR) is 129 cm³/mol. The van der Waals surface area contributed by atoms with Gasteiger partial charge in [0, 0.05) is 25.2 Å². The van der Waals surface area contributed by atoms with E-state index in [4.69, 9.17) is 26.1 Å². The van der Waals surface area contributed by atoms with Crippen molar-refractivity contribution in [2.75, 3.05) is 13.1 Å². The van der Waals surface area contributed by atoms with Crippen molar-refractivity contribution in [3.8, 4) is 0 Å². The molecule has 0 saturated carbocycles. The number of carbonyl (C=O) groups is 1. The van der Waals surface area contributed by atoms with Gasteiger partial charge in [-0.2, -0.15) is 0 Å². The van der Waals surface area contributed by atoms with Crippen molar-refractivity contribution < 1.29 is 14.3 Å². The number of hydrogen-bond acceptors (Lipinski definition) is 6. The van der Waals surface area contributed by atoms with Crippen molar-refractivity contribution in [1.82, 2.24) is 19.3 Å². The van der Waals surface area contributed by atoms with Crippen LogP contribution >= 0.6 is 27.5 Å². The Morgan fingerprint density at radius 1 is 1.25 bits per heavy atom. The minimum absolute atomic E-state index is 0.0734. The van der Waals surface area contributed by atoms with Gasteiger partial charge >= 0.3 is 5.97 Å². The summed E-state index contributed by atoms with van der Waals surface area (Å²) in [6.45, 7) is 17.3. The number of piperidine rings is 1. The van der Waals surface area contributed by atoms with E-state index < -0.39 is 5.60 Å². The van der Waals surface area contributed by atoms with E-state index in [2.05, 4.69) is 32.4 Å². The fourth-order valence-electron chi connectivity index (χ4n) is 3.88. The average molecular weight is 528 g/mol. The molecule has 1 fully saturated rings. The van der Waals surface area contributed by atoms with Crippen molar-refractivity contribution >= 4 is 39.0 Å². The van der Waals surface area contributed by atoms with Gasteiger partial charge in [0.15, 0.2) is 11.0 Å². The van der Waals surface area contributed by atoms with Crippen LogP contribution in [0, 0.1) is 0 Å². The molecule has 3 rings (SSSR count). The summed E-state index contributed by atoms with van der Waals surface area (Å²) in [5, 5.41) is 0.330. The Morgan fingerprint density at radius 3 is 2.53 bits per heavy atom. The molecule has 1 aliphatic heterocycles. The van der Waals surface area contributed by atoms with Crippen LogP contribution in [0.3, 0.4) is 0 Å². The van der Waals surface area contributed by atoms with Gasteiger partial charge in [0.05, 0.1) is 12.1 Å². The summed E-state index contributed by atoms with van der Waals surface area (Å²) in [7, 11) is 0. The van der Waals surface area contributed by atoms with Crippen LogP contribution in [0.4, 0.5) is 0 Å². The number of halogens is 2. The number of nitrogens with zero attached hydrogens (tertiary/aromatic N) is 4. The van der Waals surface area contributed by atoms with Crippen LogP contribution in [-0.2, 0) is 20.7 Å². The molecule has 2 aromatic rings. The van der Waals surface area contributed by atoms with Gasteiger partial charge in [0.2, 0.25) is 0 Å². The van der Waals surface area contributed by atoms with Crippen molar-refractivity contribution in [3.63, 3.8) is 0 Å². The predicted octanol–water partition coefficient (Wildman–Crippen LogP) is 5.50. The van der Waals surface area contributed by atoms with Gasteiger partial charge in [-0.05, 0) is 76.9 Å². The minimum atomic E-state index is -0.564. The van der Waals surface area contributed by atoms with Crippen molar-refractivity contribution in [2.45, 2.75) is 77.9 Å². The summed E-state index contributed by atoms with van der Waals surface area (Å²) < 4.78 is 14.1. The van der Waals surface area contributed by atoms with Gasteiger partial charge in [-0.25, -0.2) is 9.97 Å². The van der Waals surface area contributed by atoms with Gasteiger partial charge in [-0.3, -0.25) is 9.20 Å². The molecule has 0 spiro atoms. The molecule has 0 aliphatic carbocycles. The van der Waals surface area contributed by atoms with E-state index in [1.165, 1.54) is 0 Å². The zero-order valence-corrected chi connectivity index (χ0v) is 22.0. The fourth-order valence-corrected chi connectivity index (χ4v) is 4.77. The monoisotopic (exact) mass is 526 g/mol. The molecule has 1 unspecified atom stereocenters. The molecule has 3 heterocycles. The minimum Gasteiger partial charge on any atom is -0.474 e. The molecule has 1 atom stereocenters. The van der Waals surface area contributed by atoms with Crippen molar-refractivity contribution in [1.29, 1.82) is 0 Å². The van der Waals surface area contributed by atoms with Crippen LogP contribution in [0.1, 0.15) is 71.8 Å². The van der Waals surface area contributed by atoms with E-state index >= 15 is 0 Å². The van der Waals surface area contributed by atoms with Crippen LogP contribution in [0.5, 0.6) is 0 Å². The molecular formula is C23H32BrClN4O3. The van der Waals surface area contributed by atoms with E-state index in [0.29, 0.717) is 33.4 Å². The van der Waals surface area contributed by atoms with E-state index in [9.17, 15) is 4.79 Å². The highest BCUT2D eigenvalue weighted by atomic mass is 79.9. The first kappa shape index (κ1) is 24.8. The number of hydrogen-bond donors (Lipinski definition) is 0. The van der Waals surface area contributed by atoms with E-state index in [1.807, 2.05) is 45.9 Å². The second-order valence-electron chi connectivity index (χ2n) is 10.1. The molecule has 1 saturated heterocycles. The Labute approximate surface area is 203 Å². The van der Waals surface area contributed by atoms with E-state index in [0.717, 1.165) is 25.2 Å². The Morgan fingerprint density at radius 2 is 1.91 bits per heavy atom. The third-order valence-electron chi connectivity index (χ3n) is 4.98. The lowest BCUT2D eigenvalue weighted by molar-refractivity contribution is -0.154. The lowest BCUT2D eigenvalue weighted by atomic mass is 9.97. The smallest absolute Gasteiger partial charge is 0.312 e. The van der Waals surface area contributed by atoms with Crippen LogP contribution in [-0.4, -0.2) is 49.5 Å². The topological polar surface area (TPSA) is 69.0 Å². The second-order valence-corrected chi connectivity index (χ2v) is 11.3. The van der Waals surface area contributed by atoms with Crippen LogP contribution in [0.15, 0.2) is 23.3 Å². The average Bonchev–Trinajstić information content (AvgIpc) is 3.00. The molecule has 2 aromatic heterocycles. The van der Waals surface area contributed by atoms with Crippen LogP contribution < -0.4 is 0 Å². The maximum absolute atomic E-state index is 12.6. The highest BCUT2D eigenvalue weighted by Gasteiger charge is 2.30. The highest BCUT2D eigenvalue weighted by molar-refractivity contribution is 9.10. The Balaban J connectivity index is 1.95.